The molecule has 2 atom stereocenters. The van der Waals surface area contributed by atoms with Gasteiger partial charge in [-0.15, -0.1) is 10.2 Å². The first-order valence-corrected chi connectivity index (χ1v) is 9.02. The fraction of sp³-hybridized carbons (Fsp3) is 0.769. The molecule has 1 aromatic rings. The van der Waals surface area contributed by atoms with Crippen LogP contribution in [0.5, 0.6) is 0 Å². The topological polar surface area (TPSA) is 72.1 Å². The van der Waals surface area contributed by atoms with Gasteiger partial charge in [-0.2, -0.15) is 0 Å². The molecule has 0 spiro atoms. The maximum absolute atomic E-state index is 12.3. The van der Waals surface area contributed by atoms with E-state index in [9.17, 15) is 4.79 Å². The number of hydrogen-bond donors (Lipinski definition) is 1. The first kappa shape index (κ1) is 14.1. The first-order valence-electron chi connectivity index (χ1n) is 7.22. The van der Waals surface area contributed by atoms with E-state index in [4.69, 9.17) is 5.73 Å². The van der Waals surface area contributed by atoms with Gasteiger partial charge in [0.15, 0.2) is 4.34 Å². The SMILES string of the molecule is Nc1nnc(SCC(=O)N2CC[C@H]3CCCC[C@@H]3C2)s1. The Morgan fingerprint density at radius 2 is 2.10 bits per heavy atom. The molecule has 1 saturated heterocycles. The Morgan fingerprint density at radius 1 is 1.30 bits per heavy atom. The molecule has 5 nitrogen and oxygen atoms in total. The largest absolute Gasteiger partial charge is 0.374 e. The number of nitrogen functional groups attached to an aromatic ring is 1. The van der Waals surface area contributed by atoms with E-state index < -0.39 is 0 Å². The van der Waals surface area contributed by atoms with E-state index in [0.717, 1.165) is 29.3 Å². The lowest BCUT2D eigenvalue weighted by molar-refractivity contribution is -0.131. The van der Waals surface area contributed by atoms with Gasteiger partial charge >= 0.3 is 0 Å². The van der Waals surface area contributed by atoms with Crippen LogP contribution in [0.25, 0.3) is 0 Å². The van der Waals surface area contributed by atoms with Crippen molar-refractivity contribution in [3.05, 3.63) is 0 Å². The average Bonchev–Trinajstić information content (AvgIpc) is 2.90. The highest BCUT2D eigenvalue weighted by atomic mass is 32.2. The molecule has 1 aromatic heterocycles. The summed E-state index contributed by atoms with van der Waals surface area (Å²) in [6, 6.07) is 0. The van der Waals surface area contributed by atoms with Crippen molar-refractivity contribution >= 4 is 34.1 Å². The molecule has 0 radical (unpaired) electrons. The third kappa shape index (κ3) is 3.25. The van der Waals surface area contributed by atoms with E-state index in [-0.39, 0.29) is 5.91 Å². The maximum Gasteiger partial charge on any atom is 0.233 e. The number of piperidine rings is 1. The van der Waals surface area contributed by atoms with Crippen molar-refractivity contribution in [1.82, 2.24) is 15.1 Å². The first-order chi connectivity index (χ1) is 9.72. The lowest BCUT2D eigenvalue weighted by Gasteiger charge is -2.41. The minimum atomic E-state index is 0.229. The molecule has 1 aliphatic heterocycles. The third-order valence-corrected chi connectivity index (χ3v) is 6.26. The van der Waals surface area contributed by atoms with Crippen molar-refractivity contribution < 1.29 is 4.79 Å². The molecule has 0 unspecified atom stereocenters. The Morgan fingerprint density at radius 3 is 2.85 bits per heavy atom. The molecule has 2 N–H and O–H groups in total. The number of hydrogen-bond acceptors (Lipinski definition) is 6. The van der Waals surface area contributed by atoms with Gasteiger partial charge in [0, 0.05) is 13.1 Å². The number of carbonyl (C=O) groups excluding carboxylic acids is 1. The van der Waals surface area contributed by atoms with Crippen LogP contribution in [0, 0.1) is 11.8 Å². The number of aromatic nitrogens is 2. The van der Waals surface area contributed by atoms with Gasteiger partial charge in [-0.25, -0.2) is 0 Å². The van der Waals surface area contributed by atoms with Gasteiger partial charge in [0.2, 0.25) is 11.0 Å². The molecule has 7 heteroatoms. The Hall–Kier alpha value is -0.820. The van der Waals surface area contributed by atoms with E-state index in [1.54, 1.807) is 0 Å². The lowest BCUT2D eigenvalue weighted by Crippen LogP contribution is -2.45. The summed E-state index contributed by atoms with van der Waals surface area (Å²) in [5, 5.41) is 8.16. The van der Waals surface area contributed by atoms with Gasteiger partial charge in [-0.05, 0) is 24.7 Å². The normalized spacial score (nSPS) is 26.3. The molecule has 2 heterocycles. The number of carbonyl (C=O) groups is 1. The maximum atomic E-state index is 12.3. The van der Waals surface area contributed by atoms with Crippen molar-refractivity contribution in [2.75, 3.05) is 24.6 Å². The lowest BCUT2D eigenvalue weighted by atomic mass is 9.75. The summed E-state index contributed by atoms with van der Waals surface area (Å²) < 4.78 is 0.781. The number of amides is 1. The number of thioether (sulfide) groups is 1. The molecule has 2 aliphatic rings. The highest BCUT2D eigenvalue weighted by Crippen LogP contribution is 2.36. The van der Waals surface area contributed by atoms with Gasteiger partial charge in [0.25, 0.3) is 0 Å². The number of nitrogens with two attached hydrogens (primary N) is 1. The van der Waals surface area contributed by atoms with Crippen LogP contribution in [0.15, 0.2) is 4.34 Å². The monoisotopic (exact) mass is 312 g/mol. The summed E-state index contributed by atoms with van der Waals surface area (Å²) in [5.74, 6) is 2.28. The average molecular weight is 312 g/mol. The van der Waals surface area contributed by atoms with Gasteiger partial charge < -0.3 is 10.6 Å². The zero-order valence-corrected chi connectivity index (χ0v) is 13.1. The number of rotatable bonds is 3. The molecule has 2 fully saturated rings. The highest BCUT2D eigenvalue weighted by Gasteiger charge is 2.32. The zero-order valence-electron chi connectivity index (χ0n) is 11.5. The fourth-order valence-electron chi connectivity index (χ4n) is 3.32. The molecule has 110 valence electrons. The summed E-state index contributed by atoms with van der Waals surface area (Å²) in [6.07, 6.45) is 6.57. The highest BCUT2D eigenvalue weighted by molar-refractivity contribution is 8.01. The number of nitrogens with zero attached hydrogens (tertiary/aromatic N) is 3. The van der Waals surface area contributed by atoms with E-state index in [1.165, 1.54) is 55.2 Å². The van der Waals surface area contributed by atoms with Crippen LogP contribution in [-0.4, -0.2) is 39.8 Å². The second-order valence-corrected chi connectivity index (χ2v) is 7.86. The Bertz CT molecular complexity index is 479. The van der Waals surface area contributed by atoms with Crippen LogP contribution in [-0.2, 0) is 4.79 Å². The van der Waals surface area contributed by atoms with Gasteiger partial charge in [-0.1, -0.05) is 42.4 Å². The third-order valence-electron chi connectivity index (χ3n) is 4.39. The van der Waals surface area contributed by atoms with E-state index in [0.29, 0.717) is 10.9 Å². The predicted molar refractivity (Wildman–Crippen MR) is 81.7 cm³/mol. The molecular weight excluding hydrogens is 292 g/mol. The van der Waals surface area contributed by atoms with Crippen molar-refractivity contribution in [1.29, 1.82) is 0 Å². The predicted octanol–water partition coefficient (Wildman–Crippen LogP) is 2.25. The number of likely N-dealkylation sites (tertiary alicyclic amines) is 1. The van der Waals surface area contributed by atoms with Gasteiger partial charge in [-0.3, -0.25) is 4.79 Å². The summed E-state index contributed by atoms with van der Waals surface area (Å²) in [7, 11) is 0. The zero-order chi connectivity index (χ0) is 13.9. The van der Waals surface area contributed by atoms with Crippen molar-refractivity contribution in [2.24, 2.45) is 11.8 Å². The van der Waals surface area contributed by atoms with Crippen LogP contribution in [0.1, 0.15) is 32.1 Å². The number of anilines is 1. The van der Waals surface area contributed by atoms with Crippen LogP contribution in [0.3, 0.4) is 0 Å². The van der Waals surface area contributed by atoms with Crippen LogP contribution >= 0.6 is 23.1 Å². The van der Waals surface area contributed by atoms with Crippen LogP contribution in [0.4, 0.5) is 5.13 Å². The van der Waals surface area contributed by atoms with E-state index in [2.05, 4.69) is 10.2 Å². The van der Waals surface area contributed by atoms with E-state index in [1.807, 2.05) is 4.90 Å². The van der Waals surface area contributed by atoms with Gasteiger partial charge in [0.05, 0.1) is 5.75 Å². The van der Waals surface area contributed by atoms with Crippen LogP contribution < -0.4 is 5.73 Å². The Kier molecular flexibility index (Phi) is 4.45. The molecule has 0 bridgehead atoms. The quantitative estimate of drug-likeness (QED) is 0.867. The Balaban J connectivity index is 1.50. The minimum Gasteiger partial charge on any atom is -0.374 e. The Labute approximate surface area is 127 Å². The molecule has 20 heavy (non-hydrogen) atoms. The molecular formula is C13H20N4OS2. The summed E-state index contributed by atoms with van der Waals surface area (Å²) >= 11 is 2.79. The van der Waals surface area contributed by atoms with Gasteiger partial charge in [0.1, 0.15) is 0 Å². The van der Waals surface area contributed by atoms with Crippen molar-refractivity contribution in [2.45, 2.75) is 36.4 Å². The fourth-order valence-corrected chi connectivity index (χ4v) is 4.86. The molecule has 3 rings (SSSR count). The summed E-state index contributed by atoms with van der Waals surface area (Å²) in [6.45, 7) is 1.89. The molecule has 1 amide bonds. The molecule has 1 saturated carbocycles. The molecule has 0 aromatic carbocycles. The van der Waals surface area contributed by atoms with Crippen molar-refractivity contribution in [3.63, 3.8) is 0 Å². The number of fused-ring (bicyclic) bond motifs is 1. The second kappa shape index (κ2) is 6.30. The smallest absolute Gasteiger partial charge is 0.233 e. The van der Waals surface area contributed by atoms with Crippen LogP contribution in [0.2, 0.25) is 0 Å². The summed E-state index contributed by atoms with van der Waals surface area (Å²) in [5.41, 5.74) is 5.54. The van der Waals surface area contributed by atoms with Crippen molar-refractivity contribution in [3.8, 4) is 0 Å². The summed E-state index contributed by atoms with van der Waals surface area (Å²) in [4.78, 5) is 14.3. The minimum absolute atomic E-state index is 0.229. The molecule has 1 aliphatic carbocycles. The second-order valence-electron chi connectivity index (χ2n) is 5.63. The van der Waals surface area contributed by atoms with E-state index >= 15 is 0 Å². The standard InChI is InChI=1S/C13H20N4OS2/c14-12-15-16-13(20-12)19-8-11(18)17-6-5-9-3-1-2-4-10(9)7-17/h9-10H,1-8H2,(H2,14,15)/t9-,10-/m1/s1.